The highest BCUT2D eigenvalue weighted by Gasteiger charge is 2.12. The van der Waals surface area contributed by atoms with Crippen molar-refractivity contribution in [3.05, 3.63) is 52.1 Å². The van der Waals surface area contributed by atoms with Crippen LogP contribution in [0.25, 0.3) is 11.2 Å². The van der Waals surface area contributed by atoms with E-state index in [2.05, 4.69) is 39.0 Å². The first-order valence-electron chi connectivity index (χ1n) is 6.43. The lowest BCUT2D eigenvalue weighted by Crippen LogP contribution is -2.10. The number of benzene rings is 1. The maximum absolute atomic E-state index is 11.7. The van der Waals surface area contributed by atoms with Crippen LogP contribution in [0.2, 0.25) is 0 Å². The fourth-order valence-corrected chi connectivity index (χ4v) is 2.26. The van der Waals surface area contributed by atoms with Crippen LogP contribution >= 0.6 is 0 Å². The Hall–Kier alpha value is -2.63. The van der Waals surface area contributed by atoms with E-state index in [0.717, 1.165) is 5.82 Å². The standard InChI is InChI=1S/C14H15N5O/c1-8(9-5-3-2-4-6-9)7-10-16-11-12(17-10)18-14(15)19-13(11)20/h2-6,8H,7H2,1H3,(H4,15,16,17,18,19,20)/t8-/m0/s1. The van der Waals surface area contributed by atoms with Gasteiger partial charge in [-0.3, -0.25) is 9.78 Å². The van der Waals surface area contributed by atoms with Crippen LogP contribution < -0.4 is 11.3 Å². The van der Waals surface area contributed by atoms with Gasteiger partial charge in [0.15, 0.2) is 11.2 Å². The summed E-state index contributed by atoms with van der Waals surface area (Å²) in [6.45, 7) is 2.12. The Kier molecular flexibility index (Phi) is 2.98. The summed E-state index contributed by atoms with van der Waals surface area (Å²) in [6, 6.07) is 10.2. The number of hydrogen-bond donors (Lipinski definition) is 3. The van der Waals surface area contributed by atoms with Crippen molar-refractivity contribution in [2.45, 2.75) is 19.3 Å². The fourth-order valence-electron chi connectivity index (χ4n) is 2.26. The van der Waals surface area contributed by atoms with E-state index in [4.69, 9.17) is 5.73 Å². The summed E-state index contributed by atoms with van der Waals surface area (Å²) in [5.41, 5.74) is 7.18. The molecule has 1 aromatic carbocycles. The number of rotatable bonds is 3. The number of nitrogens with one attached hydrogen (secondary N) is 2. The van der Waals surface area contributed by atoms with Gasteiger partial charge >= 0.3 is 0 Å². The highest BCUT2D eigenvalue weighted by Crippen LogP contribution is 2.19. The van der Waals surface area contributed by atoms with Crippen LogP contribution in [0.4, 0.5) is 5.95 Å². The number of nitrogen functional groups attached to an aromatic ring is 1. The lowest BCUT2D eigenvalue weighted by molar-refractivity contribution is 0.728. The molecule has 1 atom stereocenters. The van der Waals surface area contributed by atoms with Gasteiger partial charge in [0.25, 0.3) is 5.56 Å². The summed E-state index contributed by atoms with van der Waals surface area (Å²) in [5.74, 6) is 1.12. The van der Waals surface area contributed by atoms with Crippen molar-refractivity contribution >= 4 is 17.1 Å². The molecule has 0 saturated heterocycles. The molecule has 2 heterocycles. The number of H-pyrrole nitrogens is 2. The number of aromatic amines is 2. The van der Waals surface area contributed by atoms with Gasteiger partial charge < -0.3 is 10.7 Å². The lowest BCUT2D eigenvalue weighted by Gasteiger charge is -2.09. The van der Waals surface area contributed by atoms with Crippen molar-refractivity contribution in [2.24, 2.45) is 0 Å². The largest absolute Gasteiger partial charge is 0.369 e. The van der Waals surface area contributed by atoms with E-state index in [1.165, 1.54) is 5.56 Å². The third kappa shape index (κ3) is 2.27. The summed E-state index contributed by atoms with van der Waals surface area (Å²) < 4.78 is 0. The summed E-state index contributed by atoms with van der Waals surface area (Å²) in [5, 5.41) is 0. The Morgan fingerprint density at radius 3 is 2.70 bits per heavy atom. The van der Waals surface area contributed by atoms with E-state index in [0.29, 0.717) is 23.5 Å². The number of imidazole rings is 1. The number of anilines is 1. The van der Waals surface area contributed by atoms with Crippen LogP contribution in [0.15, 0.2) is 35.1 Å². The predicted octanol–water partition coefficient (Wildman–Crippen LogP) is 1.57. The smallest absolute Gasteiger partial charge is 0.278 e. The first-order valence-corrected chi connectivity index (χ1v) is 6.43. The molecule has 0 spiro atoms. The third-order valence-electron chi connectivity index (χ3n) is 3.30. The molecule has 0 fully saturated rings. The van der Waals surface area contributed by atoms with Crippen molar-refractivity contribution in [3.63, 3.8) is 0 Å². The zero-order valence-corrected chi connectivity index (χ0v) is 11.1. The second kappa shape index (κ2) is 4.80. The highest BCUT2D eigenvalue weighted by atomic mass is 16.1. The average Bonchev–Trinajstić information content (AvgIpc) is 2.82. The second-order valence-electron chi connectivity index (χ2n) is 4.85. The molecule has 3 aromatic rings. The molecule has 0 radical (unpaired) electrons. The van der Waals surface area contributed by atoms with Gasteiger partial charge in [-0.15, -0.1) is 0 Å². The Bertz CT molecular complexity index is 790. The van der Waals surface area contributed by atoms with Gasteiger partial charge in [0.1, 0.15) is 5.82 Å². The minimum absolute atomic E-state index is 0.0802. The Morgan fingerprint density at radius 2 is 1.95 bits per heavy atom. The van der Waals surface area contributed by atoms with Gasteiger partial charge in [-0.05, 0) is 11.5 Å². The van der Waals surface area contributed by atoms with Crippen LogP contribution in [0, 0.1) is 0 Å². The zero-order chi connectivity index (χ0) is 14.1. The molecule has 0 unspecified atom stereocenters. The lowest BCUT2D eigenvalue weighted by atomic mass is 9.98. The van der Waals surface area contributed by atoms with Gasteiger partial charge in [-0.25, -0.2) is 4.98 Å². The molecular formula is C14H15N5O. The SMILES string of the molecule is C[C@@H](Cc1nc2nc(N)[nH]c(=O)c2[nH]1)c1ccccc1. The molecule has 20 heavy (non-hydrogen) atoms. The molecule has 0 aliphatic heterocycles. The van der Waals surface area contributed by atoms with E-state index in [1.54, 1.807) is 0 Å². The van der Waals surface area contributed by atoms with E-state index in [-0.39, 0.29) is 11.5 Å². The van der Waals surface area contributed by atoms with Crippen molar-refractivity contribution in [1.29, 1.82) is 0 Å². The van der Waals surface area contributed by atoms with Crippen LogP contribution in [0.3, 0.4) is 0 Å². The van der Waals surface area contributed by atoms with Crippen LogP contribution in [0.5, 0.6) is 0 Å². The van der Waals surface area contributed by atoms with Crippen LogP contribution in [-0.4, -0.2) is 19.9 Å². The molecule has 0 aliphatic rings. The van der Waals surface area contributed by atoms with E-state index in [9.17, 15) is 4.79 Å². The fraction of sp³-hybridized carbons (Fsp3) is 0.214. The minimum atomic E-state index is -0.293. The first-order chi connectivity index (χ1) is 9.63. The van der Waals surface area contributed by atoms with E-state index >= 15 is 0 Å². The van der Waals surface area contributed by atoms with Gasteiger partial charge in [0.2, 0.25) is 5.95 Å². The number of nitrogens with zero attached hydrogens (tertiary/aromatic N) is 2. The van der Waals surface area contributed by atoms with E-state index < -0.39 is 0 Å². The minimum Gasteiger partial charge on any atom is -0.369 e. The monoisotopic (exact) mass is 269 g/mol. The predicted molar refractivity (Wildman–Crippen MR) is 77.5 cm³/mol. The average molecular weight is 269 g/mol. The van der Waals surface area contributed by atoms with Crippen molar-refractivity contribution in [1.82, 2.24) is 19.9 Å². The number of aromatic nitrogens is 4. The Balaban J connectivity index is 1.92. The molecule has 3 rings (SSSR count). The number of nitrogens with two attached hydrogens (primary N) is 1. The Labute approximate surface area is 115 Å². The van der Waals surface area contributed by atoms with Gasteiger partial charge in [0, 0.05) is 6.42 Å². The molecule has 0 aliphatic carbocycles. The van der Waals surface area contributed by atoms with Crippen LogP contribution in [-0.2, 0) is 6.42 Å². The van der Waals surface area contributed by atoms with Crippen molar-refractivity contribution in [2.75, 3.05) is 5.73 Å². The number of fused-ring (bicyclic) bond motifs is 1. The number of hydrogen-bond acceptors (Lipinski definition) is 4. The highest BCUT2D eigenvalue weighted by molar-refractivity contribution is 5.70. The molecule has 2 aromatic heterocycles. The third-order valence-corrected chi connectivity index (χ3v) is 3.30. The molecule has 6 heteroatoms. The molecule has 0 saturated carbocycles. The normalized spacial score (nSPS) is 12.7. The Morgan fingerprint density at radius 1 is 1.20 bits per heavy atom. The van der Waals surface area contributed by atoms with Crippen molar-refractivity contribution in [3.8, 4) is 0 Å². The molecule has 0 amide bonds. The molecular weight excluding hydrogens is 254 g/mol. The summed E-state index contributed by atoms with van der Waals surface area (Å²) >= 11 is 0. The molecule has 102 valence electrons. The summed E-state index contributed by atoms with van der Waals surface area (Å²) in [7, 11) is 0. The second-order valence-corrected chi connectivity index (χ2v) is 4.85. The maximum Gasteiger partial charge on any atom is 0.278 e. The maximum atomic E-state index is 11.7. The first kappa shape index (κ1) is 12.4. The van der Waals surface area contributed by atoms with Crippen LogP contribution in [0.1, 0.15) is 24.2 Å². The van der Waals surface area contributed by atoms with Crippen molar-refractivity contribution < 1.29 is 0 Å². The molecule has 0 bridgehead atoms. The molecule has 4 N–H and O–H groups in total. The topological polar surface area (TPSA) is 100 Å². The van der Waals surface area contributed by atoms with Gasteiger partial charge in [0.05, 0.1) is 0 Å². The van der Waals surface area contributed by atoms with E-state index in [1.807, 2.05) is 18.2 Å². The van der Waals surface area contributed by atoms with Gasteiger partial charge in [-0.1, -0.05) is 37.3 Å². The summed E-state index contributed by atoms with van der Waals surface area (Å²) in [4.78, 5) is 25.5. The quantitative estimate of drug-likeness (QED) is 0.672. The van der Waals surface area contributed by atoms with Gasteiger partial charge in [-0.2, -0.15) is 4.98 Å². The molecule has 6 nitrogen and oxygen atoms in total. The zero-order valence-electron chi connectivity index (χ0n) is 11.1. The summed E-state index contributed by atoms with van der Waals surface area (Å²) in [6.07, 6.45) is 0.708.